The first-order chi connectivity index (χ1) is 9.15. The quantitative estimate of drug-likeness (QED) is 0.769. The lowest BCUT2D eigenvalue weighted by Gasteiger charge is -2.30. The lowest BCUT2D eigenvalue weighted by molar-refractivity contribution is 0.0838. The van der Waals surface area contributed by atoms with Crippen molar-refractivity contribution in [2.24, 2.45) is 17.8 Å². The Morgan fingerprint density at radius 3 is 2.68 bits per heavy atom. The highest BCUT2D eigenvalue weighted by molar-refractivity contribution is 6.03. The van der Waals surface area contributed by atoms with Crippen molar-refractivity contribution in [2.45, 2.75) is 33.1 Å². The summed E-state index contributed by atoms with van der Waals surface area (Å²) < 4.78 is 1.78. The number of hydrogen-bond donors (Lipinski definition) is 0. The van der Waals surface area contributed by atoms with E-state index < -0.39 is 0 Å². The van der Waals surface area contributed by atoms with Crippen molar-refractivity contribution in [1.29, 1.82) is 0 Å². The summed E-state index contributed by atoms with van der Waals surface area (Å²) in [5.41, 5.74) is 1.71. The van der Waals surface area contributed by atoms with E-state index in [-0.39, 0.29) is 11.7 Å². The van der Waals surface area contributed by atoms with E-state index in [1.165, 1.54) is 6.42 Å². The minimum atomic E-state index is 0.173. The minimum absolute atomic E-state index is 0.173. The third kappa shape index (κ3) is 2.29. The van der Waals surface area contributed by atoms with Crippen LogP contribution in [0.4, 0.5) is 0 Å². The number of ketones is 1. The fourth-order valence-electron chi connectivity index (χ4n) is 3.51. The zero-order chi connectivity index (χ0) is 13.4. The summed E-state index contributed by atoms with van der Waals surface area (Å²) in [6.07, 6.45) is 6.90. The summed E-state index contributed by atoms with van der Waals surface area (Å²) in [6.45, 7) is 4.51. The lowest BCUT2D eigenvalue weighted by atomic mass is 9.74. The van der Waals surface area contributed by atoms with Gasteiger partial charge in [-0.1, -0.05) is 19.9 Å². The molecule has 2 aromatic heterocycles. The van der Waals surface area contributed by atoms with Gasteiger partial charge in [-0.2, -0.15) is 5.10 Å². The van der Waals surface area contributed by atoms with Gasteiger partial charge in [-0.05, 0) is 43.2 Å². The largest absolute Gasteiger partial charge is 0.294 e. The predicted octanol–water partition coefficient (Wildman–Crippen LogP) is 3.59. The summed E-state index contributed by atoms with van der Waals surface area (Å²) in [5.74, 6) is 1.76. The molecule has 0 amide bonds. The average molecular weight is 256 g/mol. The first-order valence-corrected chi connectivity index (χ1v) is 7.11. The molecule has 3 nitrogen and oxygen atoms in total. The number of rotatable bonds is 2. The standard InChI is InChI=1S/C16H20N2O/c1-11-7-12(2)9-13(8-11)16(19)14-10-17-18-6-4-3-5-15(14)18/h3-6,10-13H,7-9H2,1-2H3. The van der Waals surface area contributed by atoms with Gasteiger partial charge in [0.1, 0.15) is 0 Å². The third-order valence-corrected chi connectivity index (χ3v) is 4.24. The topological polar surface area (TPSA) is 34.4 Å². The van der Waals surface area contributed by atoms with E-state index in [4.69, 9.17) is 0 Å². The Bertz CT molecular complexity index is 592. The highest BCUT2D eigenvalue weighted by Crippen LogP contribution is 2.35. The molecule has 100 valence electrons. The fourth-order valence-corrected chi connectivity index (χ4v) is 3.51. The van der Waals surface area contributed by atoms with E-state index >= 15 is 0 Å². The van der Waals surface area contributed by atoms with Crippen LogP contribution < -0.4 is 0 Å². The highest BCUT2D eigenvalue weighted by atomic mass is 16.1. The van der Waals surface area contributed by atoms with Gasteiger partial charge in [0.25, 0.3) is 0 Å². The first-order valence-electron chi connectivity index (χ1n) is 7.11. The maximum absolute atomic E-state index is 12.7. The molecule has 2 heterocycles. The molecule has 1 fully saturated rings. The van der Waals surface area contributed by atoms with Gasteiger partial charge in [0, 0.05) is 12.1 Å². The molecule has 0 aromatic carbocycles. The molecule has 2 aromatic rings. The number of hydrogen-bond acceptors (Lipinski definition) is 2. The van der Waals surface area contributed by atoms with E-state index in [0.29, 0.717) is 11.8 Å². The number of pyridine rings is 1. The molecule has 19 heavy (non-hydrogen) atoms. The second-order valence-electron chi connectivity index (χ2n) is 6.07. The van der Waals surface area contributed by atoms with Crippen LogP contribution in [0, 0.1) is 17.8 Å². The van der Waals surface area contributed by atoms with Crippen LogP contribution >= 0.6 is 0 Å². The van der Waals surface area contributed by atoms with E-state index in [1.54, 1.807) is 10.7 Å². The molecular weight excluding hydrogens is 236 g/mol. The molecule has 1 aliphatic carbocycles. The Labute approximate surface area is 113 Å². The van der Waals surface area contributed by atoms with Crippen LogP contribution in [-0.4, -0.2) is 15.4 Å². The van der Waals surface area contributed by atoms with Crippen LogP contribution in [0.5, 0.6) is 0 Å². The fraction of sp³-hybridized carbons (Fsp3) is 0.500. The minimum Gasteiger partial charge on any atom is -0.294 e. The normalized spacial score (nSPS) is 27.6. The van der Waals surface area contributed by atoms with Crippen LogP contribution in [0.2, 0.25) is 0 Å². The SMILES string of the molecule is CC1CC(C)CC(C(=O)c2cnn3ccccc23)C1. The molecule has 1 aliphatic rings. The van der Waals surface area contributed by atoms with Crippen LogP contribution in [0.15, 0.2) is 30.6 Å². The maximum Gasteiger partial charge on any atom is 0.169 e. The first kappa shape index (κ1) is 12.4. The van der Waals surface area contributed by atoms with Crippen molar-refractivity contribution in [1.82, 2.24) is 9.61 Å². The van der Waals surface area contributed by atoms with E-state index in [2.05, 4.69) is 18.9 Å². The molecule has 0 saturated heterocycles. The van der Waals surface area contributed by atoms with Gasteiger partial charge in [0.05, 0.1) is 17.3 Å². The van der Waals surface area contributed by atoms with Crippen molar-refractivity contribution in [3.05, 3.63) is 36.2 Å². The highest BCUT2D eigenvalue weighted by Gasteiger charge is 2.30. The monoisotopic (exact) mass is 256 g/mol. The van der Waals surface area contributed by atoms with Crippen LogP contribution in [-0.2, 0) is 0 Å². The molecule has 0 bridgehead atoms. The summed E-state index contributed by atoms with van der Waals surface area (Å²) in [7, 11) is 0. The van der Waals surface area contributed by atoms with E-state index in [0.717, 1.165) is 23.9 Å². The number of nitrogens with zero attached hydrogens (tertiary/aromatic N) is 2. The Morgan fingerprint density at radius 1 is 1.21 bits per heavy atom. The third-order valence-electron chi connectivity index (χ3n) is 4.24. The number of Topliss-reactive ketones (excluding diaryl/α,β-unsaturated/α-hetero) is 1. The smallest absolute Gasteiger partial charge is 0.169 e. The van der Waals surface area contributed by atoms with Gasteiger partial charge in [-0.15, -0.1) is 0 Å². The molecule has 2 atom stereocenters. The van der Waals surface area contributed by atoms with Gasteiger partial charge < -0.3 is 0 Å². The predicted molar refractivity (Wildman–Crippen MR) is 75.2 cm³/mol. The zero-order valence-corrected chi connectivity index (χ0v) is 11.5. The molecule has 0 N–H and O–H groups in total. The molecule has 0 radical (unpaired) electrons. The Balaban J connectivity index is 1.91. The lowest BCUT2D eigenvalue weighted by Crippen LogP contribution is -2.26. The summed E-state index contributed by atoms with van der Waals surface area (Å²) in [5, 5.41) is 4.27. The number of aromatic nitrogens is 2. The molecule has 2 unspecified atom stereocenters. The molecule has 1 saturated carbocycles. The summed E-state index contributed by atoms with van der Waals surface area (Å²) in [4.78, 5) is 12.7. The maximum atomic E-state index is 12.7. The number of fused-ring (bicyclic) bond motifs is 1. The Morgan fingerprint density at radius 2 is 1.95 bits per heavy atom. The van der Waals surface area contributed by atoms with Gasteiger partial charge >= 0.3 is 0 Å². The van der Waals surface area contributed by atoms with Crippen molar-refractivity contribution < 1.29 is 4.79 Å². The van der Waals surface area contributed by atoms with Gasteiger partial charge in [-0.25, -0.2) is 4.52 Å². The van der Waals surface area contributed by atoms with Gasteiger partial charge in [-0.3, -0.25) is 4.79 Å². The Hall–Kier alpha value is -1.64. The number of carbonyl (C=O) groups excluding carboxylic acids is 1. The van der Waals surface area contributed by atoms with Crippen LogP contribution in [0.3, 0.4) is 0 Å². The van der Waals surface area contributed by atoms with Crippen molar-refractivity contribution in [3.8, 4) is 0 Å². The van der Waals surface area contributed by atoms with E-state index in [1.807, 2.05) is 24.4 Å². The average Bonchev–Trinajstić information content (AvgIpc) is 2.80. The van der Waals surface area contributed by atoms with Crippen molar-refractivity contribution in [2.75, 3.05) is 0 Å². The molecule has 3 rings (SSSR count). The number of carbonyl (C=O) groups is 1. The Kier molecular flexibility index (Phi) is 3.13. The zero-order valence-electron chi connectivity index (χ0n) is 11.5. The second-order valence-corrected chi connectivity index (χ2v) is 6.07. The summed E-state index contributed by atoms with van der Waals surface area (Å²) in [6, 6.07) is 5.86. The molecule has 0 aliphatic heterocycles. The molecule has 3 heteroatoms. The second kappa shape index (κ2) is 4.80. The van der Waals surface area contributed by atoms with Gasteiger partial charge in [0.15, 0.2) is 5.78 Å². The van der Waals surface area contributed by atoms with Crippen molar-refractivity contribution >= 4 is 11.3 Å². The van der Waals surface area contributed by atoms with E-state index in [9.17, 15) is 4.79 Å². The summed E-state index contributed by atoms with van der Waals surface area (Å²) >= 11 is 0. The van der Waals surface area contributed by atoms with Crippen molar-refractivity contribution in [3.63, 3.8) is 0 Å². The molecular formula is C16H20N2O. The molecule has 0 spiro atoms. The van der Waals surface area contributed by atoms with Gasteiger partial charge in [0.2, 0.25) is 0 Å². The van der Waals surface area contributed by atoms with Crippen LogP contribution in [0.1, 0.15) is 43.5 Å². The van der Waals surface area contributed by atoms with Crippen LogP contribution in [0.25, 0.3) is 5.52 Å².